The van der Waals surface area contributed by atoms with Crippen LogP contribution in [0.2, 0.25) is 0 Å². The summed E-state index contributed by atoms with van der Waals surface area (Å²) in [5.74, 6) is 0.546. The van der Waals surface area contributed by atoms with Gasteiger partial charge in [0.1, 0.15) is 0 Å². The summed E-state index contributed by atoms with van der Waals surface area (Å²) in [5.41, 5.74) is 1.08. The maximum atomic E-state index is 12.9. The minimum atomic E-state index is -0.433. The molecule has 4 fully saturated rings. The van der Waals surface area contributed by atoms with Gasteiger partial charge in [-0.2, -0.15) is 0 Å². The summed E-state index contributed by atoms with van der Waals surface area (Å²) < 4.78 is 5.53. The van der Waals surface area contributed by atoms with Crippen molar-refractivity contribution in [3.05, 3.63) is 28.7 Å². The Kier molecular flexibility index (Phi) is 3.98. The number of imidazole rings is 1. The highest BCUT2D eigenvalue weighted by Gasteiger charge is 2.60. The molecule has 4 bridgehead atoms. The first-order valence-corrected chi connectivity index (χ1v) is 10.5. The largest absolute Gasteiger partial charge is 0.455 e. The Morgan fingerprint density at radius 1 is 1.14 bits per heavy atom. The standard InChI is InChI=1S/C20H22BrN3O4/c21-20-7-11-3-12(8-20)6-19(5-11,10-20)17(26)28-9-16(25)22-13-1-2-14-15(4-13)24-18(27)23-14/h1-2,4,11-12H,3,5-10H2,(H,22,25)(H2,23,24,27)/t11-,12-,19?,20?/m0/s1. The first kappa shape index (κ1) is 18.0. The fraction of sp³-hybridized carbons (Fsp3) is 0.550. The summed E-state index contributed by atoms with van der Waals surface area (Å²) in [6.07, 6.45) is 6.08. The van der Waals surface area contributed by atoms with Crippen molar-refractivity contribution in [2.75, 3.05) is 11.9 Å². The van der Waals surface area contributed by atoms with Crippen molar-refractivity contribution in [1.82, 2.24) is 9.97 Å². The molecular weight excluding hydrogens is 426 g/mol. The molecule has 1 heterocycles. The number of rotatable bonds is 4. The molecule has 4 saturated carbocycles. The number of H-pyrrole nitrogens is 2. The van der Waals surface area contributed by atoms with Gasteiger partial charge in [0.25, 0.3) is 5.91 Å². The Hall–Kier alpha value is -2.09. The lowest BCUT2D eigenvalue weighted by Gasteiger charge is -2.58. The third kappa shape index (κ3) is 3.07. The number of esters is 1. The Morgan fingerprint density at radius 2 is 1.86 bits per heavy atom. The number of anilines is 1. The number of ether oxygens (including phenoxy) is 1. The van der Waals surface area contributed by atoms with Crippen LogP contribution in [-0.4, -0.2) is 32.8 Å². The van der Waals surface area contributed by atoms with E-state index in [1.807, 2.05) is 0 Å². The fourth-order valence-electron chi connectivity index (χ4n) is 5.98. The van der Waals surface area contributed by atoms with E-state index < -0.39 is 5.41 Å². The molecule has 0 radical (unpaired) electrons. The van der Waals surface area contributed by atoms with E-state index in [0.29, 0.717) is 28.6 Å². The van der Waals surface area contributed by atoms with Gasteiger partial charge in [0.05, 0.1) is 16.4 Å². The van der Waals surface area contributed by atoms with E-state index >= 15 is 0 Å². The van der Waals surface area contributed by atoms with E-state index in [2.05, 4.69) is 31.2 Å². The van der Waals surface area contributed by atoms with Gasteiger partial charge >= 0.3 is 11.7 Å². The summed E-state index contributed by atoms with van der Waals surface area (Å²) >= 11 is 3.89. The number of hydrogen-bond acceptors (Lipinski definition) is 4. The van der Waals surface area contributed by atoms with Crippen LogP contribution >= 0.6 is 15.9 Å². The summed E-state index contributed by atoms with van der Waals surface area (Å²) in [6.45, 7) is -0.299. The van der Waals surface area contributed by atoms with Crippen molar-refractivity contribution in [2.24, 2.45) is 17.3 Å². The molecule has 7 nitrogen and oxygen atoms in total. The van der Waals surface area contributed by atoms with Gasteiger partial charge in [0.2, 0.25) is 0 Å². The molecule has 1 amide bonds. The number of hydrogen-bond donors (Lipinski definition) is 3. The van der Waals surface area contributed by atoms with Crippen molar-refractivity contribution < 1.29 is 14.3 Å². The van der Waals surface area contributed by atoms with Crippen LogP contribution < -0.4 is 11.0 Å². The number of aromatic nitrogens is 2. The SMILES string of the molecule is O=C(COC(=O)C12C[C@@H]3C[C@H](CC(Br)(C3)C1)C2)Nc1ccc2[nH]c(=O)[nH]c2c1. The molecule has 148 valence electrons. The number of alkyl halides is 1. The highest BCUT2D eigenvalue weighted by atomic mass is 79.9. The van der Waals surface area contributed by atoms with Crippen molar-refractivity contribution in [3.63, 3.8) is 0 Å². The number of fused-ring (bicyclic) bond motifs is 1. The zero-order chi connectivity index (χ0) is 19.5. The van der Waals surface area contributed by atoms with Gasteiger partial charge in [0.15, 0.2) is 6.61 Å². The van der Waals surface area contributed by atoms with Gasteiger partial charge in [-0.3, -0.25) is 9.59 Å². The molecule has 0 saturated heterocycles. The number of benzene rings is 1. The average molecular weight is 448 g/mol. The number of aromatic amines is 2. The topological polar surface area (TPSA) is 104 Å². The fourth-order valence-corrected chi connectivity index (χ4v) is 7.43. The number of halogens is 1. The average Bonchev–Trinajstić information content (AvgIpc) is 2.96. The molecule has 8 heteroatoms. The van der Waals surface area contributed by atoms with Gasteiger partial charge in [0, 0.05) is 10.0 Å². The van der Waals surface area contributed by atoms with Gasteiger partial charge in [-0.15, -0.1) is 0 Å². The molecule has 1 aromatic carbocycles. The smallest absolute Gasteiger partial charge is 0.323 e. The van der Waals surface area contributed by atoms with Crippen LogP contribution in [0.25, 0.3) is 11.0 Å². The third-order valence-corrected chi connectivity index (χ3v) is 7.48. The number of carbonyl (C=O) groups is 2. The van der Waals surface area contributed by atoms with Gasteiger partial charge in [-0.25, -0.2) is 4.79 Å². The van der Waals surface area contributed by atoms with E-state index in [9.17, 15) is 14.4 Å². The second-order valence-electron chi connectivity index (χ2n) is 8.86. The second-order valence-corrected chi connectivity index (χ2v) is 10.5. The summed E-state index contributed by atoms with van der Waals surface area (Å²) in [5, 5.41) is 2.72. The molecule has 0 unspecified atom stereocenters. The predicted molar refractivity (Wildman–Crippen MR) is 107 cm³/mol. The number of carbonyl (C=O) groups excluding carboxylic acids is 2. The summed E-state index contributed by atoms with van der Waals surface area (Å²) in [4.78, 5) is 41.8. The lowest BCUT2D eigenvalue weighted by Crippen LogP contribution is -2.56. The van der Waals surface area contributed by atoms with Crippen LogP contribution in [-0.2, 0) is 14.3 Å². The van der Waals surface area contributed by atoms with E-state index in [4.69, 9.17) is 4.74 Å². The summed E-state index contributed by atoms with van der Waals surface area (Å²) in [7, 11) is 0. The third-order valence-electron chi connectivity index (χ3n) is 6.56. The van der Waals surface area contributed by atoms with Crippen molar-refractivity contribution in [3.8, 4) is 0 Å². The van der Waals surface area contributed by atoms with Crippen LogP contribution in [0.1, 0.15) is 38.5 Å². The Bertz CT molecular complexity index is 1010. The van der Waals surface area contributed by atoms with Crippen molar-refractivity contribution in [1.29, 1.82) is 0 Å². The van der Waals surface area contributed by atoms with Crippen LogP contribution in [0, 0.1) is 17.3 Å². The highest BCUT2D eigenvalue weighted by Crippen LogP contribution is 2.64. The molecule has 4 aliphatic carbocycles. The van der Waals surface area contributed by atoms with E-state index in [0.717, 1.165) is 32.1 Å². The lowest BCUT2D eigenvalue weighted by atomic mass is 9.49. The normalized spacial score (nSPS) is 33.2. The van der Waals surface area contributed by atoms with Crippen LogP contribution in [0.5, 0.6) is 0 Å². The quantitative estimate of drug-likeness (QED) is 0.494. The minimum absolute atomic E-state index is 0.0707. The second kappa shape index (κ2) is 6.20. The van der Waals surface area contributed by atoms with E-state index in [1.54, 1.807) is 18.2 Å². The van der Waals surface area contributed by atoms with Crippen molar-refractivity contribution >= 4 is 44.5 Å². The molecule has 28 heavy (non-hydrogen) atoms. The molecule has 0 spiro atoms. The first-order chi connectivity index (χ1) is 13.3. The van der Waals surface area contributed by atoms with Gasteiger partial charge < -0.3 is 20.0 Å². The van der Waals surface area contributed by atoms with Crippen LogP contribution in [0.15, 0.2) is 23.0 Å². The monoisotopic (exact) mass is 447 g/mol. The minimum Gasteiger partial charge on any atom is -0.455 e. The Labute approximate surface area is 169 Å². The predicted octanol–water partition coefficient (Wildman–Crippen LogP) is 3.07. The molecule has 2 atom stereocenters. The number of amides is 1. The first-order valence-electron chi connectivity index (χ1n) is 9.71. The molecule has 6 rings (SSSR count). The maximum absolute atomic E-state index is 12.9. The Balaban J connectivity index is 1.22. The Morgan fingerprint density at radius 3 is 2.57 bits per heavy atom. The zero-order valence-electron chi connectivity index (χ0n) is 15.3. The van der Waals surface area contributed by atoms with E-state index in [-0.39, 0.29) is 28.5 Å². The van der Waals surface area contributed by atoms with Gasteiger partial charge in [-0.1, -0.05) is 15.9 Å². The van der Waals surface area contributed by atoms with E-state index in [1.165, 1.54) is 6.42 Å². The summed E-state index contributed by atoms with van der Waals surface area (Å²) in [6, 6.07) is 5.07. The van der Waals surface area contributed by atoms with Crippen molar-refractivity contribution in [2.45, 2.75) is 42.8 Å². The molecule has 1 aromatic heterocycles. The highest BCUT2D eigenvalue weighted by molar-refractivity contribution is 9.10. The van der Waals surface area contributed by atoms with Crippen LogP contribution in [0.3, 0.4) is 0 Å². The molecular formula is C20H22BrN3O4. The zero-order valence-corrected chi connectivity index (χ0v) is 16.9. The lowest BCUT2D eigenvalue weighted by molar-refractivity contribution is -0.170. The van der Waals surface area contributed by atoms with Crippen LogP contribution in [0.4, 0.5) is 5.69 Å². The molecule has 0 aliphatic heterocycles. The number of nitrogens with one attached hydrogen (secondary N) is 3. The molecule has 3 N–H and O–H groups in total. The molecule has 4 aliphatic rings. The maximum Gasteiger partial charge on any atom is 0.323 e. The van der Waals surface area contributed by atoms with Gasteiger partial charge in [-0.05, 0) is 68.6 Å². The molecule has 2 aromatic rings.